The highest BCUT2D eigenvalue weighted by atomic mass is 19.1. The lowest BCUT2D eigenvalue weighted by Gasteiger charge is -2.22. The van der Waals surface area contributed by atoms with Gasteiger partial charge in [0, 0.05) is 11.6 Å². The predicted octanol–water partition coefficient (Wildman–Crippen LogP) is 2.78. The number of benzene rings is 1. The Morgan fingerprint density at radius 2 is 1.94 bits per heavy atom. The lowest BCUT2D eigenvalue weighted by Crippen LogP contribution is -2.26. The van der Waals surface area contributed by atoms with Crippen LogP contribution in [0.3, 0.4) is 0 Å². The van der Waals surface area contributed by atoms with E-state index in [0.29, 0.717) is 0 Å². The van der Waals surface area contributed by atoms with E-state index in [2.05, 4.69) is 0 Å². The van der Waals surface area contributed by atoms with Crippen LogP contribution >= 0.6 is 0 Å². The van der Waals surface area contributed by atoms with Crippen molar-refractivity contribution in [2.45, 2.75) is 32.4 Å². The number of hydrogen-bond acceptors (Lipinski definition) is 2. The largest absolute Gasteiger partial charge is 0.374 e. The first-order valence-electron chi connectivity index (χ1n) is 5.14. The van der Waals surface area contributed by atoms with E-state index in [0.717, 1.165) is 6.07 Å². The summed E-state index contributed by atoms with van der Waals surface area (Å²) in [7, 11) is 0. The summed E-state index contributed by atoms with van der Waals surface area (Å²) < 4.78 is 31.5. The topological polar surface area (TPSA) is 35.2 Å². The van der Waals surface area contributed by atoms with Crippen molar-refractivity contribution < 1.29 is 13.5 Å². The second-order valence-corrected chi connectivity index (χ2v) is 4.70. The second kappa shape index (κ2) is 4.89. The minimum atomic E-state index is -0.634. The first-order chi connectivity index (χ1) is 7.29. The molecular formula is C12H17F2NO. The molecule has 1 aromatic rings. The van der Waals surface area contributed by atoms with E-state index >= 15 is 0 Å². The third-order valence-corrected chi connectivity index (χ3v) is 2.06. The minimum Gasteiger partial charge on any atom is -0.374 e. The van der Waals surface area contributed by atoms with Gasteiger partial charge in [0.1, 0.15) is 11.6 Å². The summed E-state index contributed by atoms with van der Waals surface area (Å²) in [6.45, 7) is 5.87. The Hall–Kier alpha value is -1.00. The van der Waals surface area contributed by atoms with Gasteiger partial charge in [0.05, 0.1) is 18.2 Å². The Kier molecular flexibility index (Phi) is 3.99. The average Bonchev–Trinajstić information content (AvgIpc) is 2.13. The smallest absolute Gasteiger partial charge is 0.130 e. The molecule has 0 aromatic heterocycles. The van der Waals surface area contributed by atoms with Crippen LogP contribution in [-0.2, 0) is 4.74 Å². The van der Waals surface area contributed by atoms with Crippen molar-refractivity contribution in [3.8, 4) is 0 Å². The first kappa shape index (κ1) is 13.1. The van der Waals surface area contributed by atoms with E-state index in [4.69, 9.17) is 10.5 Å². The molecule has 0 saturated heterocycles. The summed E-state index contributed by atoms with van der Waals surface area (Å²) in [5.41, 5.74) is 5.71. The molecule has 0 saturated carbocycles. The highest BCUT2D eigenvalue weighted by Crippen LogP contribution is 2.18. The van der Waals surface area contributed by atoms with E-state index < -0.39 is 17.7 Å². The van der Waals surface area contributed by atoms with E-state index in [-0.39, 0.29) is 17.8 Å². The molecule has 4 heteroatoms. The van der Waals surface area contributed by atoms with Crippen molar-refractivity contribution in [1.82, 2.24) is 0 Å². The Bertz CT molecular complexity index is 361. The molecule has 1 aromatic carbocycles. The maximum atomic E-state index is 13.3. The molecule has 1 atom stereocenters. The molecule has 0 radical (unpaired) electrons. The Labute approximate surface area is 94.4 Å². The maximum absolute atomic E-state index is 13.3. The monoisotopic (exact) mass is 229 g/mol. The zero-order valence-electron chi connectivity index (χ0n) is 9.76. The van der Waals surface area contributed by atoms with Crippen LogP contribution in [0.2, 0.25) is 0 Å². The fraction of sp³-hybridized carbons (Fsp3) is 0.500. The van der Waals surface area contributed by atoms with Crippen LogP contribution in [0.25, 0.3) is 0 Å². The zero-order valence-corrected chi connectivity index (χ0v) is 9.76. The summed E-state index contributed by atoms with van der Waals surface area (Å²) in [6, 6.07) is 2.78. The highest BCUT2D eigenvalue weighted by molar-refractivity contribution is 5.21. The van der Waals surface area contributed by atoms with Crippen molar-refractivity contribution in [1.29, 1.82) is 0 Å². The van der Waals surface area contributed by atoms with Crippen molar-refractivity contribution in [3.63, 3.8) is 0 Å². The average molecular weight is 229 g/mol. The summed E-state index contributed by atoms with van der Waals surface area (Å²) in [6.07, 6.45) is 0. The second-order valence-electron chi connectivity index (χ2n) is 4.70. The third-order valence-electron chi connectivity index (χ3n) is 2.06. The molecule has 0 heterocycles. The van der Waals surface area contributed by atoms with Crippen molar-refractivity contribution >= 4 is 0 Å². The molecule has 16 heavy (non-hydrogen) atoms. The van der Waals surface area contributed by atoms with Crippen LogP contribution < -0.4 is 5.73 Å². The molecule has 0 amide bonds. The normalized spacial score (nSPS) is 13.9. The SMILES string of the molecule is CC(C)(C)OCC(N)c1ccc(F)cc1F. The van der Waals surface area contributed by atoms with Crippen molar-refractivity contribution in [2.75, 3.05) is 6.61 Å². The van der Waals surface area contributed by atoms with E-state index in [1.807, 2.05) is 20.8 Å². The summed E-state index contributed by atoms with van der Waals surface area (Å²) in [5.74, 6) is -1.24. The zero-order chi connectivity index (χ0) is 12.3. The van der Waals surface area contributed by atoms with E-state index in [1.54, 1.807) is 0 Å². The lowest BCUT2D eigenvalue weighted by molar-refractivity contribution is -0.0106. The molecule has 90 valence electrons. The summed E-state index contributed by atoms with van der Waals surface area (Å²) in [5, 5.41) is 0. The minimum absolute atomic E-state index is 0.200. The van der Waals surface area contributed by atoms with Crippen LogP contribution in [0.15, 0.2) is 18.2 Å². The van der Waals surface area contributed by atoms with Gasteiger partial charge in [-0.15, -0.1) is 0 Å². The number of halogens is 2. The van der Waals surface area contributed by atoms with E-state index in [9.17, 15) is 8.78 Å². The lowest BCUT2D eigenvalue weighted by atomic mass is 10.1. The van der Waals surface area contributed by atoms with Crippen LogP contribution in [0.5, 0.6) is 0 Å². The van der Waals surface area contributed by atoms with Crippen molar-refractivity contribution in [3.05, 3.63) is 35.4 Å². The molecule has 0 aliphatic carbocycles. The summed E-state index contributed by atoms with van der Waals surface area (Å²) in [4.78, 5) is 0. The quantitative estimate of drug-likeness (QED) is 0.865. The molecule has 0 spiro atoms. The van der Waals surface area contributed by atoms with Gasteiger partial charge in [-0.05, 0) is 26.8 Å². The van der Waals surface area contributed by atoms with Gasteiger partial charge >= 0.3 is 0 Å². The van der Waals surface area contributed by atoms with Crippen LogP contribution in [-0.4, -0.2) is 12.2 Å². The standard InChI is InChI=1S/C12H17F2NO/c1-12(2,3)16-7-11(15)9-5-4-8(13)6-10(9)14/h4-6,11H,7,15H2,1-3H3. The number of nitrogens with two attached hydrogens (primary N) is 1. The number of rotatable bonds is 3. The fourth-order valence-electron chi connectivity index (χ4n) is 1.23. The van der Waals surface area contributed by atoms with Gasteiger partial charge in [-0.3, -0.25) is 0 Å². The molecular weight excluding hydrogens is 212 g/mol. The van der Waals surface area contributed by atoms with Gasteiger partial charge in [0.2, 0.25) is 0 Å². The maximum Gasteiger partial charge on any atom is 0.130 e. The van der Waals surface area contributed by atoms with Crippen LogP contribution in [0.4, 0.5) is 8.78 Å². The first-order valence-corrected chi connectivity index (χ1v) is 5.14. The molecule has 2 nitrogen and oxygen atoms in total. The molecule has 0 aliphatic heterocycles. The summed E-state index contributed by atoms with van der Waals surface area (Å²) >= 11 is 0. The number of ether oxygens (including phenoxy) is 1. The fourth-order valence-corrected chi connectivity index (χ4v) is 1.23. The van der Waals surface area contributed by atoms with Gasteiger partial charge in [-0.2, -0.15) is 0 Å². The third kappa shape index (κ3) is 3.87. The van der Waals surface area contributed by atoms with Crippen molar-refractivity contribution in [2.24, 2.45) is 5.73 Å². The molecule has 1 unspecified atom stereocenters. The molecule has 0 fully saturated rings. The number of hydrogen-bond donors (Lipinski definition) is 1. The highest BCUT2D eigenvalue weighted by Gasteiger charge is 2.16. The van der Waals surface area contributed by atoms with Gasteiger partial charge in [0.25, 0.3) is 0 Å². The van der Waals surface area contributed by atoms with Gasteiger partial charge < -0.3 is 10.5 Å². The van der Waals surface area contributed by atoms with Gasteiger partial charge in [0.15, 0.2) is 0 Å². The molecule has 2 N–H and O–H groups in total. The Morgan fingerprint density at radius 3 is 2.44 bits per heavy atom. The Morgan fingerprint density at radius 1 is 1.31 bits per heavy atom. The van der Waals surface area contributed by atoms with Crippen LogP contribution in [0.1, 0.15) is 32.4 Å². The van der Waals surface area contributed by atoms with Gasteiger partial charge in [-0.1, -0.05) is 6.07 Å². The van der Waals surface area contributed by atoms with Crippen LogP contribution in [0, 0.1) is 11.6 Å². The molecule has 0 bridgehead atoms. The van der Waals surface area contributed by atoms with E-state index in [1.165, 1.54) is 12.1 Å². The predicted molar refractivity (Wildman–Crippen MR) is 59.0 cm³/mol. The molecule has 0 aliphatic rings. The Balaban J connectivity index is 2.70. The molecule has 1 rings (SSSR count). The van der Waals surface area contributed by atoms with Gasteiger partial charge in [-0.25, -0.2) is 8.78 Å².